The zero-order valence-corrected chi connectivity index (χ0v) is 7.83. The number of hydrogen-bond donors (Lipinski definition) is 2. The first-order valence-electron chi connectivity index (χ1n) is 3.97. The average molecular weight is 168 g/mol. The fraction of sp³-hybridized carbons (Fsp3) is 0.625. The minimum atomic E-state index is 0.173. The predicted octanol–water partition coefficient (Wildman–Crippen LogP) is 1.09. The fourth-order valence-electron chi connectivity index (χ4n) is 0.985. The van der Waals surface area contributed by atoms with Gasteiger partial charge in [0, 0.05) is 6.54 Å². The molecule has 12 heavy (non-hydrogen) atoms. The normalized spacial score (nSPS) is 11.9. The van der Waals surface area contributed by atoms with Gasteiger partial charge < -0.3 is 11.5 Å². The molecule has 0 unspecified atom stereocenters. The van der Waals surface area contributed by atoms with Gasteiger partial charge in [0.2, 0.25) is 0 Å². The molecule has 4 N–H and O–H groups in total. The topological polar surface area (TPSA) is 69.9 Å². The van der Waals surface area contributed by atoms with Crippen LogP contribution in [0, 0.1) is 5.41 Å². The molecule has 1 aromatic heterocycles. The predicted molar refractivity (Wildman–Crippen MR) is 50.5 cm³/mol. The van der Waals surface area contributed by atoms with Crippen molar-refractivity contribution in [3.63, 3.8) is 0 Å². The Kier molecular flexibility index (Phi) is 2.00. The number of aromatic nitrogens is 2. The van der Waals surface area contributed by atoms with Crippen molar-refractivity contribution in [1.29, 1.82) is 0 Å². The van der Waals surface area contributed by atoms with Crippen molar-refractivity contribution >= 4 is 11.5 Å². The summed E-state index contributed by atoms with van der Waals surface area (Å²) < 4.78 is 1.73. The van der Waals surface area contributed by atoms with Gasteiger partial charge in [0.15, 0.2) is 0 Å². The highest BCUT2D eigenvalue weighted by Gasteiger charge is 2.14. The molecule has 0 spiro atoms. The molecule has 68 valence electrons. The van der Waals surface area contributed by atoms with Gasteiger partial charge in [0.25, 0.3) is 0 Å². The number of nitrogen functional groups attached to an aromatic ring is 2. The highest BCUT2D eigenvalue weighted by atomic mass is 15.3. The Labute approximate surface area is 72.5 Å². The number of rotatable bonds is 1. The van der Waals surface area contributed by atoms with Crippen LogP contribution < -0.4 is 11.5 Å². The lowest BCUT2D eigenvalue weighted by Crippen LogP contribution is -2.18. The second-order valence-electron chi connectivity index (χ2n) is 4.20. The third kappa shape index (κ3) is 1.90. The van der Waals surface area contributed by atoms with Crippen LogP contribution in [-0.4, -0.2) is 9.78 Å². The van der Waals surface area contributed by atoms with E-state index in [1.807, 2.05) is 0 Å². The highest BCUT2D eigenvalue weighted by Crippen LogP contribution is 2.20. The van der Waals surface area contributed by atoms with Crippen LogP contribution in [0.4, 0.5) is 11.5 Å². The molecule has 0 saturated heterocycles. The molecule has 0 aliphatic heterocycles. The van der Waals surface area contributed by atoms with Crippen LogP contribution in [0.3, 0.4) is 0 Å². The van der Waals surface area contributed by atoms with Crippen LogP contribution in [0.1, 0.15) is 20.8 Å². The molecule has 0 radical (unpaired) electrons. The molecule has 0 atom stereocenters. The van der Waals surface area contributed by atoms with E-state index in [-0.39, 0.29) is 5.41 Å². The molecule has 0 aliphatic carbocycles. The summed E-state index contributed by atoms with van der Waals surface area (Å²) in [5, 5.41) is 4.07. The van der Waals surface area contributed by atoms with Crippen LogP contribution >= 0.6 is 0 Å². The third-order valence-corrected chi connectivity index (χ3v) is 1.53. The van der Waals surface area contributed by atoms with Crippen LogP contribution in [0.25, 0.3) is 0 Å². The smallest absolute Gasteiger partial charge is 0.145 e. The lowest BCUT2D eigenvalue weighted by atomic mass is 9.97. The minimum absolute atomic E-state index is 0.173. The number of nitrogens with two attached hydrogens (primary N) is 2. The summed E-state index contributed by atoms with van der Waals surface area (Å²) in [7, 11) is 0. The second-order valence-corrected chi connectivity index (χ2v) is 4.20. The van der Waals surface area contributed by atoms with Crippen molar-refractivity contribution in [1.82, 2.24) is 9.78 Å². The molecule has 0 bridgehead atoms. The highest BCUT2D eigenvalue weighted by molar-refractivity contribution is 5.56. The first-order valence-corrected chi connectivity index (χ1v) is 3.97. The van der Waals surface area contributed by atoms with E-state index in [2.05, 4.69) is 25.9 Å². The van der Waals surface area contributed by atoms with Gasteiger partial charge in [-0.05, 0) is 5.41 Å². The van der Waals surface area contributed by atoms with Gasteiger partial charge in [0.1, 0.15) is 5.82 Å². The van der Waals surface area contributed by atoms with Gasteiger partial charge in [0.05, 0.1) is 11.9 Å². The molecule has 0 saturated carbocycles. The monoisotopic (exact) mass is 168 g/mol. The molecule has 0 aliphatic rings. The van der Waals surface area contributed by atoms with E-state index in [0.717, 1.165) is 6.54 Å². The maximum atomic E-state index is 5.69. The number of anilines is 2. The van der Waals surface area contributed by atoms with E-state index in [0.29, 0.717) is 11.5 Å². The van der Waals surface area contributed by atoms with Crippen molar-refractivity contribution in [3.8, 4) is 0 Å². The molecular formula is C8H16N4. The summed E-state index contributed by atoms with van der Waals surface area (Å²) in [5.41, 5.74) is 12.0. The van der Waals surface area contributed by atoms with Crippen molar-refractivity contribution in [2.45, 2.75) is 27.3 Å². The Morgan fingerprint density at radius 1 is 1.42 bits per heavy atom. The lowest BCUT2D eigenvalue weighted by Gasteiger charge is -2.18. The maximum Gasteiger partial charge on any atom is 0.145 e. The summed E-state index contributed by atoms with van der Waals surface area (Å²) >= 11 is 0. The molecular weight excluding hydrogens is 152 g/mol. The van der Waals surface area contributed by atoms with E-state index < -0.39 is 0 Å². The Morgan fingerprint density at radius 3 is 2.33 bits per heavy atom. The minimum Gasteiger partial charge on any atom is -0.394 e. The largest absolute Gasteiger partial charge is 0.394 e. The van der Waals surface area contributed by atoms with E-state index >= 15 is 0 Å². The first kappa shape index (κ1) is 8.90. The van der Waals surface area contributed by atoms with Crippen molar-refractivity contribution in [2.24, 2.45) is 5.41 Å². The summed E-state index contributed by atoms with van der Waals surface area (Å²) in [6.07, 6.45) is 1.58. The van der Waals surface area contributed by atoms with Crippen LogP contribution in [0.5, 0.6) is 0 Å². The van der Waals surface area contributed by atoms with E-state index in [9.17, 15) is 0 Å². The second kappa shape index (κ2) is 2.69. The Bertz CT molecular complexity index is 269. The van der Waals surface area contributed by atoms with E-state index in [1.165, 1.54) is 0 Å². The van der Waals surface area contributed by atoms with E-state index in [1.54, 1.807) is 10.9 Å². The van der Waals surface area contributed by atoms with Crippen LogP contribution in [0.15, 0.2) is 6.20 Å². The standard InChI is InChI=1S/C8H16N4/c1-8(2,3)5-12-7(10)6(9)4-11-12/h4H,5,9-10H2,1-3H3. The van der Waals surface area contributed by atoms with Gasteiger partial charge >= 0.3 is 0 Å². The van der Waals surface area contributed by atoms with Gasteiger partial charge in [-0.1, -0.05) is 20.8 Å². The summed E-state index contributed by atoms with van der Waals surface area (Å²) in [6, 6.07) is 0. The van der Waals surface area contributed by atoms with Gasteiger partial charge in [-0.3, -0.25) is 0 Å². The SMILES string of the molecule is CC(C)(C)Cn1ncc(N)c1N. The van der Waals surface area contributed by atoms with Gasteiger partial charge in [-0.2, -0.15) is 5.10 Å². The number of hydrogen-bond acceptors (Lipinski definition) is 3. The quantitative estimate of drug-likeness (QED) is 0.659. The van der Waals surface area contributed by atoms with Gasteiger partial charge in [-0.25, -0.2) is 4.68 Å². The first-order chi connectivity index (χ1) is 5.40. The van der Waals surface area contributed by atoms with E-state index in [4.69, 9.17) is 11.5 Å². The average Bonchev–Trinajstić information content (AvgIpc) is 2.16. The zero-order chi connectivity index (χ0) is 9.35. The lowest BCUT2D eigenvalue weighted by molar-refractivity contribution is 0.328. The molecule has 1 aromatic rings. The Balaban J connectivity index is 2.83. The van der Waals surface area contributed by atoms with Crippen LogP contribution in [-0.2, 0) is 6.54 Å². The molecule has 4 heteroatoms. The Morgan fingerprint density at radius 2 is 2.00 bits per heavy atom. The third-order valence-electron chi connectivity index (χ3n) is 1.53. The summed E-state index contributed by atoms with van der Waals surface area (Å²) in [4.78, 5) is 0. The number of nitrogens with zero attached hydrogens (tertiary/aromatic N) is 2. The zero-order valence-electron chi connectivity index (χ0n) is 7.83. The Hall–Kier alpha value is -1.19. The molecule has 0 fully saturated rings. The fourth-order valence-corrected chi connectivity index (χ4v) is 0.985. The molecule has 1 rings (SSSR count). The molecule has 0 aromatic carbocycles. The summed E-state index contributed by atoms with van der Waals surface area (Å²) in [5.74, 6) is 0.560. The maximum absolute atomic E-state index is 5.69. The van der Waals surface area contributed by atoms with Crippen molar-refractivity contribution < 1.29 is 0 Å². The van der Waals surface area contributed by atoms with Crippen molar-refractivity contribution in [3.05, 3.63) is 6.20 Å². The summed E-state index contributed by atoms with van der Waals surface area (Å²) in [6.45, 7) is 7.18. The molecule has 4 nitrogen and oxygen atoms in total. The molecule has 0 amide bonds. The van der Waals surface area contributed by atoms with Crippen molar-refractivity contribution in [2.75, 3.05) is 11.5 Å². The molecule has 1 heterocycles. The van der Waals surface area contributed by atoms with Crippen LogP contribution in [0.2, 0.25) is 0 Å². The van der Waals surface area contributed by atoms with Gasteiger partial charge in [-0.15, -0.1) is 0 Å².